The number of carbonyl (C=O) groups is 1. The summed E-state index contributed by atoms with van der Waals surface area (Å²) in [5.74, 6) is -0.951. The lowest BCUT2D eigenvalue weighted by atomic mass is 10.1. The Morgan fingerprint density at radius 3 is 2.17 bits per heavy atom. The summed E-state index contributed by atoms with van der Waals surface area (Å²) < 4.78 is 0. The molecule has 18 heavy (non-hydrogen) atoms. The summed E-state index contributed by atoms with van der Waals surface area (Å²) >= 11 is 0. The molecule has 0 amide bonds. The molecular weight excluding hydrogens is 232 g/mol. The Balaban J connectivity index is 3.74. The van der Waals surface area contributed by atoms with Gasteiger partial charge in [-0.15, -0.1) is 0 Å². The van der Waals surface area contributed by atoms with Gasteiger partial charge < -0.3 is 5.11 Å². The average Bonchev–Trinajstić information content (AvgIpc) is 2.25. The Morgan fingerprint density at radius 1 is 1.11 bits per heavy atom. The first-order valence-corrected chi connectivity index (χ1v) is 6.94. The van der Waals surface area contributed by atoms with Gasteiger partial charge in [-0.1, -0.05) is 45.4 Å². The summed E-state index contributed by atoms with van der Waals surface area (Å²) in [6.45, 7) is 7.67. The van der Waals surface area contributed by atoms with Crippen molar-refractivity contribution in [3.63, 3.8) is 0 Å². The second kappa shape index (κ2) is 9.34. The molecule has 0 aromatic heterocycles. The number of aliphatic carboxylic acids is 1. The van der Waals surface area contributed by atoms with Crippen LogP contribution in [0.1, 0.15) is 72.6 Å². The van der Waals surface area contributed by atoms with Crippen LogP contribution >= 0.6 is 0 Å². The normalized spacial score (nSPS) is 13.6. The maximum absolute atomic E-state index is 11.0. The first-order chi connectivity index (χ1) is 8.37. The summed E-state index contributed by atoms with van der Waals surface area (Å²) in [5, 5.41) is 9.01. The molecular formula is C14H28O4. The maximum Gasteiger partial charge on any atom is 0.336 e. The number of carboxylic acid groups (broad SMARTS) is 1. The minimum Gasteiger partial charge on any atom is -0.479 e. The average molecular weight is 260 g/mol. The molecule has 0 spiro atoms. The molecule has 0 saturated carbocycles. The Morgan fingerprint density at radius 2 is 1.67 bits per heavy atom. The number of unbranched alkanes of at least 4 members (excludes halogenated alkanes) is 5. The molecule has 0 bridgehead atoms. The highest BCUT2D eigenvalue weighted by molar-refractivity contribution is 5.72. The van der Waals surface area contributed by atoms with Gasteiger partial charge >= 0.3 is 5.97 Å². The summed E-state index contributed by atoms with van der Waals surface area (Å²) in [6, 6.07) is 0. The molecule has 1 unspecified atom stereocenters. The van der Waals surface area contributed by atoms with Crippen molar-refractivity contribution in [1.82, 2.24) is 0 Å². The van der Waals surface area contributed by atoms with E-state index in [-0.39, 0.29) is 0 Å². The number of hydrogen-bond acceptors (Lipinski definition) is 3. The van der Waals surface area contributed by atoms with Gasteiger partial charge in [-0.05, 0) is 27.2 Å². The van der Waals surface area contributed by atoms with Crippen LogP contribution in [0.25, 0.3) is 0 Å². The van der Waals surface area contributed by atoms with Crippen molar-refractivity contribution in [1.29, 1.82) is 0 Å². The first kappa shape index (κ1) is 17.4. The summed E-state index contributed by atoms with van der Waals surface area (Å²) in [5.41, 5.74) is -0.477. The molecule has 1 atom stereocenters. The molecule has 0 aliphatic carbocycles. The van der Waals surface area contributed by atoms with Crippen LogP contribution < -0.4 is 0 Å². The van der Waals surface area contributed by atoms with Crippen LogP contribution in [-0.4, -0.2) is 22.8 Å². The van der Waals surface area contributed by atoms with Crippen molar-refractivity contribution < 1.29 is 19.7 Å². The van der Waals surface area contributed by atoms with E-state index >= 15 is 0 Å². The molecule has 0 radical (unpaired) electrons. The standard InChI is InChI=1S/C14H28O4/c1-5-6-7-8-9-10-11-12(13(15)16)17-18-14(2,3)4/h12H,5-11H2,1-4H3,(H,15,16). The van der Waals surface area contributed by atoms with Crippen molar-refractivity contribution in [2.75, 3.05) is 0 Å². The van der Waals surface area contributed by atoms with Crippen molar-refractivity contribution in [3.8, 4) is 0 Å². The quantitative estimate of drug-likeness (QED) is 0.367. The van der Waals surface area contributed by atoms with Crippen LogP contribution in [-0.2, 0) is 14.6 Å². The molecule has 108 valence electrons. The van der Waals surface area contributed by atoms with E-state index in [0.717, 1.165) is 12.8 Å². The monoisotopic (exact) mass is 260 g/mol. The SMILES string of the molecule is CCCCCCCCC(OOC(C)(C)C)C(=O)O. The Bertz CT molecular complexity index is 220. The van der Waals surface area contributed by atoms with E-state index < -0.39 is 17.7 Å². The van der Waals surface area contributed by atoms with Crippen LogP contribution in [0.5, 0.6) is 0 Å². The van der Waals surface area contributed by atoms with Crippen LogP contribution in [0.4, 0.5) is 0 Å². The minimum absolute atomic E-state index is 0.477. The maximum atomic E-state index is 11.0. The van der Waals surface area contributed by atoms with E-state index in [4.69, 9.17) is 14.9 Å². The smallest absolute Gasteiger partial charge is 0.336 e. The van der Waals surface area contributed by atoms with Gasteiger partial charge in [0.1, 0.15) is 0 Å². The highest BCUT2D eigenvalue weighted by atomic mass is 17.2. The highest BCUT2D eigenvalue weighted by Gasteiger charge is 2.22. The first-order valence-electron chi connectivity index (χ1n) is 6.94. The number of carboxylic acids is 1. The molecule has 1 N–H and O–H groups in total. The van der Waals surface area contributed by atoms with Gasteiger partial charge in [0.15, 0.2) is 6.10 Å². The summed E-state index contributed by atoms with van der Waals surface area (Å²) in [4.78, 5) is 21.0. The van der Waals surface area contributed by atoms with E-state index in [2.05, 4.69) is 6.92 Å². The predicted molar refractivity (Wildman–Crippen MR) is 71.3 cm³/mol. The van der Waals surface area contributed by atoms with Gasteiger partial charge in [-0.3, -0.25) is 0 Å². The van der Waals surface area contributed by atoms with E-state index in [0.29, 0.717) is 6.42 Å². The van der Waals surface area contributed by atoms with E-state index in [9.17, 15) is 4.79 Å². The van der Waals surface area contributed by atoms with Crippen LogP contribution in [0.3, 0.4) is 0 Å². The van der Waals surface area contributed by atoms with Crippen LogP contribution in [0.2, 0.25) is 0 Å². The molecule has 0 rings (SSSR count). The van der Waals surface area contributed by atoms with E-state index in [1.165, 1.54) is 25.7 Å². The summed E-state index contributed by atoms with van der Waals surface area (Å²) in [6.07, 6.45) is 6.46. The molecule has 0 aromatic rings. The highest BCUT2D eigenvalue weighted by Crippen LogP contribution is 2.14. The van der Waals surface area contributed by atoms with Crippen molar-refractivity contribution in [3.05, 3.63) is 0 Å². The molecule has 0 aliphatic heterocycles. The van der Waals surface area contributed by atoms with Gasteiger partial charge in [-0.25, -0.2) is 14.6 Å². The van der Waals surface area contributed by atoms with Gasteiger partial charge in [-0.2, -0.15) is 0 Å². The molecule has 0 fully saturated rings. The zero-order valence-electron chi connectivity index (χ0n) is 12.2. The molecule has 0 aliphatic rings. The predicted octanol–water partition coefficient (Wildman–Crippen LogP) is 3.94. The van der Waals surface area contributed by atoms with Crippen LogP contribution in [0, 0.1) is 0 Å². The van der Waals surface area contributed by atoms with Gasteiger partial charge in [0.25, 0.3) is 0 Å². The lowest BCUT2D eigenvalue weighted by Crippen LogP contribution is -2.29. The van der Waals surface area contributed by atoms with Gasteiger partial charge in [0, 0.05) is 0 Å². The van der Waals surface area contributed by atoms with E-state index in [1.54, 1.807) is 0 Å². The Hall–Kier alpha value is -0.610. The van der Waals surface area contributed by atoms with E-state index in [1.807, 2.05) is 20.8 Å². The fourth-order valence-electron chi connectivity index (χ4n) is 1.53. The fourth-order valence-corrected chi connectivity index (χ4v) is 1.53. The Kier molecular flexibility index (Phi) is 9.02. The number of hydrogen-bond donors (Lipinski definition) is 1. The lowest BCUT2D eigenvalue weighted by molar-refractivity contribution is -0.368. The van der Waals surface area contributed by atoms with Gasteiger partial charge in [0.2, 0.25) is 0 Å². The van der Waals surface area contributed by atoms with Gasteiger partial charge in [0.05, 0.1) is 5.60 Å². The third kappa shape index (κ3) is 10.5. The van der Waals surface area contributed by atoms with Crippen molar-refractivity contribution >= 4 is 5.97 Å². The number of rotatable bonds is 10. The fraction of sp³-hybridized carbons (Fsp3) is 0.929. The second-order valence-electron chi connectivity index (χ2n) is 5.68. The second-order valence-corrected chi connectivity index (χ2v) is 5.68. The minimum atomic E-state index is -0.951. The van der Waals surface area contributed by atoms with Crippen molar-refractivity contribution in [2.24, 2.45) is 0 Å². The summed E-state index contributed by atoms with van der Waals surface area (Å²) in [7, 11) is 0. The molecule has 4 heteroatoms. The molecule has 0 heterocycles. The molecule has 0 aromatic carbocycles. The molecule has 4 nitrogen and oxygen atoms in total. The third-order valence-corrected chi connectivity index (χ3v) is 2.51. The lowest BCUT2D eigenvalue weighted by Gasteiger charge is -2.21. The zero-order valence-corrected chi connectivity index (χ0v) is 12.2. The zero-order chi connectivity index (χ0) is 14.0. The third-order valence-electron chi connectivity index (χ3n) is 2.51. The van der Waals surface area contributed by atoms with Crippen molar-refractivity contribution in [2.45, 2.75) is 84.3 Å². The van der Waals surface area contributed by atoms with Crippen LogP contribution in [0.15, 0.2) is 0 Å². The Labute approximate surface area is 111 Å². The largest absolute Gasteiger partial charge is 0.479 e. The molecule has 0 saturated heterocycles. The topological polar surface area (TPSA) is 55.8 Å².